The normalized spacial score (nSPS) is 11.6. The van der Waals surface area contributed by atoms with Gasteiger partial charge in [-0.15, -0.1) is 5.10 Å². The van der Waals surface area contributed by atoms with Crippen LogP contribution in [0.2, 0.25) is 0 Å². The van der Waals surface area contributed by atoms with Gasteiger partial charge in [0.05, 0.1) is 12.7 Å². The molecule has 0 unspecified atom stereocenters. The molecular weight excluding hydrogens is 192 g/mol. The molecule has 0 aliphatic heterocycles. The minimum Gasteiger partial charge on any atom is -0.411 e. The van der Waals surface area contributed by atoms with Gasteiger partial charge in [0.2, 0.25) is 0 Å². The maximum absolute atomic E-state index is 8.90. The molecule has 0 aliphatic carbocycles. The molecule has 1 aromatic heterocycles. The van der Waals surface area contributed by atoms with Crippen LogP contribution in [0.1, 0.15) is 5.56 Å². The highest BCUT2D eigenvalue weighted by molar-refractivity contribution is 5.99. The molecule has 0 bridgehead atoms. The largest absolute Gasteiger partial charge is 0.411 e. The molecule has 1 N–H and O–H groups in total. The second-order valence-electron chi connectivity index (χ2n) is 3.01. The number of hydrogen-bond acceptors (Lipinski definition) is 4. The predicted molar refractivity (Wildman–Crippen MR) is 54.8 cm³/mol. The second-order valence-corrected chi connectivity index (χ2v) is 3.01. The van der Waals surface area contributed by atoms with Crippen LogP contribution in [-0.2, 0) is 6.54 Å². The average Bonchev–Trinajstić information content (AvgIpc) is 2.80. The Morgan fingerprint density at radius 3 is 2.73 bits per heavy atom. The lowest BCUT2D eigenvalue weighted by Gasteiger charge is -2.03. The monoisotopic (exact) mass is 202 g/mol. The van der Waals surface area contributed by atoms with Gasteiger partial charge in [-0.1, -0.05) is 40.7 Å². The van der Waals surface area contributed by atoms with E-state index in [1.807, 2.05) is 30.3 Å². The van der Waals surface area contributed by atoms with Gasteiger partial charge in [-0.25, -0.2) is 4.68 Å². The number of hydrogen-bond donors (Lipinski definition) is 1. The van der Waals surface area contributed by atoms with Gasteiger partial charge in [-0.05, 0) is 0 Å². The van der Waals surface area contributed by atoms with Crippen molar-refractivity contribution in [3.63, 3.8) is 0 Å². The highest BCUT2D eigenvalue weighted by atomic mass is 16.4. The topological polar surface area (TPSA) is 63.3 Å². The standard InChI is InChI=1S/C10H10N4O/c15-12-10(8-14-7-6-11-13-14)9-4-2-1-3-5-9/h1-7,15H,8H2. The molecule has 0 saturated carbocycles. The Morgan fingerprint density at radius 2 is 2.13 bits per heavy atom. The van der Waals surface area contributed by atoms with E-state index in [4.69, 9.17) is 5.21 Å². The molecule has 2 rings (SSSR count). The van der Waals surface area contributed by atoms with Gasteiger partial charge >= 0.3 is 0 Å². The zero-order chi connectivity index (χ0) is 10.5. The van der Waals surface area contributed by atoms with Crippen LogP contribution in [0.4, 0.5) is 0 Å². The van der Waals surface area contributed by atoms with Gasteiger partial charge in [-0.2, -0.15) is 0 Å². The highest BCUT2D eigenvalue weighted by Gasteiger charge is 2.04. The van der Waals surface area contributed by atoms with E-state index in [1.54, 1.807) is 17.1 Å². The van der Waals surface area contributed by atoms with Gasteiger partial charge in [0.25, 0.3) is 0 Å². The maximum atomic E-state index is 8.90. The third-order valence-corrected chi connectivity index (χ3v) is 2.01. The molecule has 76 valence electrons. The summed E-state index contributed by atoms with van der Waals surface area (Å²) in [5.74, 6) is 0. The van der Waals surface area contributed by atoms with Crippen molar-refractivity contribution in [3.8, 4) is 0 Å². The van der Waals surface area contributed by atoms with Gasteiger partial charge in [0, 0.05) is 11.8 Å². The SMILES string of the molecule is ON=C(Cn1ccnn1)c1ccccc1. The summed E-state index contributed by atoms with van der Waals surface area (Å²) in [6.07, 6.45) is 3.30. The summed E-state index contributed by atoms with van der Waals surface area (Å²) >= 11 is 0. The fraction of sp³-hybridized carbons (Fsp3) is 0.100. The molecule has 1 heterocycles. The van der Waals surface area contributed by atoms with Crippen molar-refractivity contribution in [3.05, 3.63) is 48.3 Å². The van der Waals surface area contributed by atoms with E-state index >= 15 is 0 Å². The molecule has 0 atom stereocenters. The summed E-state index contributed by atoms with van der Waals surface area (Å²) in [6.45, 7) is 0.403. The molecule has 0 spiro atoms. The fourth-order valence-corrected chi connectivity index (χ4v) is 1.28. The molecule has 0 saturated heterocycles. The van der Waals surface area contributed by atoms with Crippen molar-refractivity contribution < 1.29 is 5.21 Å². The number of oxime groups is 1. The number of rotatable bonds is 3. The van der Waals surface area contributed by atoms with Crippen LogP contribution < -0.4 is 0 Å². The third-order valence-electron chi connectivity index (χ3n) is 2.01. The van der Waals surface area contributed by atoms with E-state index in [9.17, 15) is 0 Å². The smallest absolute Gasteiger partial charge is 0.108 e. The molecule has 15 heavy (non-hydrogen) atoms. The molecule has 0 radical (unpaired) electrons. The van der Waals surface area contributed by atoms with E-state index in [0.717, 1.165) is 5.56 Å². The van der Waals surface area contributed by atoms with Crippen LogP contribution >= 0.6 is 0 Å². The Labute approximate surface area is 86.7 Å². The van der Waals surface area contributed by atoms with Gasteiger partial charge < -0.3 is 5.21 Å². The van der Waals surface area contributed by atoms with Crippen LogP contribution in [0.3, 0.4) is 0 Å². The number of nitrogens with zero attached hydrogens (tertiary/aromatic N) is 4. The van der Waals surface area contributed by atoms with Crippen LogP contribution in [0.5, 0.6) is 0 Å². The van der Waals surface area contributed by atoms with Crippen molar-refractivity contribution >= 4 is 5.71 Å². The molecule has 0 amide bonds. The third kappa shape index (κ3) is 2.19. The lowest BCUT2D eigenvalue weighted by atomic mass is 10.1. The van der Waals surface area contributed by atoms with Crippen LogP contribution in [0, 0.1) is 0 Å². The van der Waals surface area contributed by atoms with E-state index in [-0.39, 0.29) is 0 Å². The van der Waals surface area contributed by atoms with Crippen molar-refractivity contribution in [2.45, 2.75) is 6.54 Å². The highest BCUT2D eigenvalue weighted by Crippen LogP contribution is 2.02. The molecule has 5 heteroatoms. The maximum Gasteiger partial charge on any atom is 0.108 e. The van der Waals surface area contributed by atoms with E-state index in [2.05, 4.69) is 15.5 Å². The summed E-state index contributed by atoms with van der Waals surface area (Å²) in [5, 5.41) is 19.6. The molecule has 5 nitrogen and oxygen atoms in total. The Kier molecular flexibility index (Phi) is 2.73. The van der Waals surface area contributed by atoms with Crippen LogP contribution in [0.15, 0.2) is 47.9 Å². The summed E-state index contributed by atoms with van der Waals surface area (Å²) in [5.41, 5.74) is 1.43. The Hall–Kier alpha value is -2.17. The predicted octanol–water partition coefficient (Wildman–Crippen LogP) is 1.16. The molecule has 1 aromatic carbocycles. The lowest BCUT2D eigenvalue weighted by Crippen LogP contribution is -2.12. The van der Waals surface area contributed by atoms with E-state index in [1.165, 1.54) is 0 Å². The van der Waals surface area contributed by atoms with E-state index < -0.39 is 0 Å². The zero-order valence-electron chi connectivity index (χ0n) is 7.98. The molecule has 2 aromatic rings. The number of benzene rings is 1. The van der Waals surface area contributed by atoms with Crippen molar-refractivity contribution in [2.24, 2.45) is 5.16 Å². The summed E-state index contributed by atoms with van der Waals surface area (Å²) < 4.78 is 1.60. The first kappa shape index (κ1) is 9.39. The Bertz CT molecular complexity index is 436. The Morgan fingerprint density at radius 1 is 1.33 bits per heavy atom. The van der Waals surface area contributed by atoms with E-state index in [0.29, 0.717) is 12.3 Å². The Balaban J connectivity index is 2.20. The summed E-state index contributed by atoms with van der Waals surface area (Å²) in [7, 11) is 0. The number of aromatic nitrogens is 3. The molecule has 0 aliphatic rings. The second kappa shape index (κ2) is 4.36. The minimum atomic E-state index is 0.403. The first-order valence-electron chi connectivity index (χ1n) is 4.50. The molecular formula is C10H10N4O. The van der Waals surface area contributed by atoms with Crippen molar-refractivity contribution in [1.82, 2.24) is 15.0 Å². The summed E-state index contributed by atoms with van der Waals surface area (Å²) in [6, 6.07) is 9.45. The van der Waals surface area contributed by atoms with Crippen molar-refractivity contribution in [2.75, 3.05) is 0 Å². The lowest BCUT2D eigenvalue weighted by molar-refractivity contribution is 0.317. The first-order valence-corrected chi connectivity index (χ1v) is 4.50. The van der Waals surface area contributed by atoms with Crippen LogP contribution in [0.25, 0.3) is 0 Å². The van der Waals surface area contributed by atoms with Crippen molar-refractivity contribution in [1.29, 1.82) is 0 Å². The van der Waals surface area contributed by atoms with Gasteiger partial charge in [0.1, 0.15) is 5.71 Å². The zero-order valence-corrected chi connectivity index (χ0v) is 7.98. The minimum absolute atomic E-state index is 0.403. The van der Waals surface area contributed by atoms with Gasteiger partial charge in [0.15, 0.2) is 0 Å². The molecule has 0 fully saturated rings. The first-order chi connectivity index (χ1) is 7.40. The average molecular weight is 202 g/mol. The van der Waals surface area contributed by atoms with Crippen LogP contribution in [-0.4, -0.2) is 25.9 Å². The fourth-order valence-electron chi connectivity index (χ4n) is 1.28. The summed E-state index contributed by atoms with van der Waals surface area (Å²) in [4.78, 5) is 0. The van der Waals surface area contributed by atoms with Gasteiger partial charge in [-0.3, -0.25) is 0 Å². The quantitative estimate of drug-likeness (QED) is 0.461.